The number of H-pyrrole nitrogens is 1. The molecule has 0 saturated carbocycles. The molecule has 0 saturated heterocycles. The molecule has 0 amide bonds. The first-order chi connectivity index (χ1) is 10.2. The standard InChI is InChI=1S/C14H12FN3O2S/c1-20-10-5-6-16-9(7-10)8-21(19)14-17-12-4-2-3-11(15)13(12)18-14/h2-7H,8H2,1H3,(H,17,18)/t21-/m1/s1. The Labute approximate surface area is 122 Å². The molecule has 0 aliphatic heterocycles. The lowest BCUT2D eigenvalue weighted by molar-refractivity contribution is 0.413. The van der Waals surface area contributed by atoms with Crippen molar-refractivity contribution < 1.29 is 13.3 Å². The Morgan fingerprint density at radius 3 is 3.00 bits per heavy atom. The van der Waals surface area contributed by atoms with Crippen LogP contribution in [-0.2, 0) is 16.6 Å². The van der Waals surface area contributed by atoms with Crippen molar-refractivity contribution in [2.45, 2.75) is 10.9 Å². The van der Waals surface area contributed by atoms with Crippen LogP contribution in [0.2, 0.25) is 0 Å². The van der Waals surface area contributed by atoms with Crippen LogP contribution in [0.5, 0.6) is 5.75 Å². The summed E-state index contributed by atoms with van der Waals surface area (Å²) in [7, 11) is 0.117. The Morgan fingerprint density at radius 1 is 1.38 bits per heavy atom. The Bertz CT molecular complexity index is 819. The van der Waals surface area contributed by atoms with Gasteiger partial charge in [-0.15, -0.1) is 0 Å². The van der Waals surface area contributed by atoms with Crippen LogP contribution in [0.25, 0.3) is 11.0 Å². The average Bonchev–Trinajstić information content (AvgIpc) is 2.93. The Balaban J connectivity index is 1.88. The fourth-order valence-corrected chi connectivity index (χ4v) is 2.93. The lowest BCUT2D eigenvalue weighted by Crippen LogP contribution is -2.01. The first-order valence-corrected chi connectivity index (χ1v) is 7.51. The van der Waals surface area contributed by atoms with Crippen molar-refractivity contribution in [3.8, 4) is 5.75 Å². The molecule has 5 nitrogen and oxygen atoms in total. The number of ether oxygens (including phenoxy) is 1. The van der Waals surface area contributed by atoms with Gasteiger partial charge in [-0.3, -0.25) is 9.19 Å². The maximum absolute atomic E-state index is 13.6. The zero-order chi connectivity index (χ0) is 14.8. The molecule has 1 atom stereocenters. The van der Waals surface area contributed by atoms with Gasteiger partial charge in [-0.25, -0.2) is 9.37 Å². The van der Waals surface area contributed by atoms with Crippen LogP contribution < -0.4 is 4.74 Å². The second-order valence-corrected chi connectivity index (χ2v) is 5.72. The molecular weight excluding hydrogens is 293 g/mol. The Kier molecular flexibility index (Phi) is 3.66. The molecule has 0 spiro atoms. The fourth-order valence-electron chi connectivity index (χ4n) is 1.95. The number of rotatable bonds is 4. The summed E-state index contributed by atoms with van der Waals surface area (Å²) in [6, 6.07) is 8.01. The number of halogens is 1. The van der Waals surface area contributed by atoms with Gasteiger partial charge in [-0.2, -0.15) is 0 Å². The molecule has 0 radical (unpaired) electrons. The molecule has 3 aromatic rings. The van der Waals surface area contributed by atoms with Crippen molar-refractivity contribution in [1.82, 2.24) is 15.0 Å². The van der Waals surface area contributed by atoms with Crippen molar-refractivity contribution in [2.24, 2.45) is 0 Å². The van der Waals surface area contributed by atoms with Crippen LogP contribution in [0.1, 0.15) is 5.69 Å². The van der Waals surface area contributed by atoms with E-state index in [0.29, 0.717) is 17.0 Å². The van der Waals surface area contributed by atoms with Crippen molar-refractivity contribution in [1.29, 1.82) is 0 Å². The molecule has 2 heterocycles. The first-order valence-electron chi connectivity index (χ1n) is 6.19. The third kappa shape index (κ3) is 2.78. The summed E-state index contributed by atoms with van der Waals surface area (Å²) in [5.74, 6) is 0.387. The van der Waals surface area contributed by atoms with Gasteiger partial charge in [0.15, 0.2) is 11.0 Å². The molecule has 1 N–H and O–H groups in total. The van der Waals surface area contributed by atoms with E-state index in [1.165, 1.54) is 6.07 Å². The van der Waals surface area contributed by atoms with Gasteiger partial charge in [0.25, 0.3) is 0 Å². The lowest BCUT2D eigenvalue weighted by Gasteiger charge is -2.02. The molecule has 7 heteroatoms. The summed E-state index contributed by atoms with van der Waals surface area (Å²) in [5, 5.41) is 0.236. The summed E-state index contributed by atoms with van der Waals surface area (Å²) in [6.07, 6.45) is 1.59. The van der Waals surface area contributed by atoms with E-state index in [-0.39, 0.29) is 16.4 Å². The number of nitrogens with one attached hydrogen (secondary N) is 1. The van der Waals surface area contributed by atoms with Gasteiger partial charge in [0.05, 0.1) is 34.9 Å². The van der Waals surface area contributed by atoms with E-state index >= 15 is 0 Å². The molecule has 2 aromatic heterocycles. The molecule has 1 aromatic carbocycles. The van der Waals surface area contributed by atoms with Crippen LogP contribution in [0.3, 0.4) is 0 Å². The van der Waals surface area contributed by atoms with Gasteiger partial charge < -0.3 is 9.72 Å². The quantitative estimate of drug-likeness (QED) is 0.804. The number of fused-ring (bicyclic) bond motifs is 1. The largest absolute Gasteiger partial charge is 0.497 e. The maximum Gasteiger partial charge on any atom is 0.197 e. The highest BCUT2D eigenvalue weighted by atomic mass is 32.2. The van der Waals surface area contributed by atoms with Crippen LogP contribution in [0.4, 0.5) is 4.39 Å². The minimum atomic E-state index is -1.44. The predicted octanol–water partition coefficient (Wildman–Crippen LogP) is 2.41. The number of benzene rings is 1. The van der Waals surface area contributed by atoms with E-state index in [0.717, 1.165) is 0 Å². The summed E-state index contributed by atoms with van der Waals surface area (Å²) in [4.78, 5) is 11.1. The smallest absolute Gasteiger partial charge is 0.197 e. The zero-order valence-corrected chi connectivity index (χ0v) is 12.0. The summed E-state index contributed by atoms with van der Waals surface area (Å²) >= 11 is 0. The summed E-state index contributed by atoms with van der Waals surface area (Å²) in [5.41, 5.74) is 1.34. The van der Waals surface area contributed by atoms with Crippen molar-refractivity contribution >= 4 is 21.8 Å². The second kappa shape index (κ2) is 5.61. The number of aromatic nitrogens is 3. The van der Waals surface area contributed by atoms with E-state index in [2.05, 4.69) is 15.0 Å². The molecule has 3 rings (SSSR count). The van der Waals surface area contributed by atoms with E-state index in [1.54, 1.807) is 37.6 Å². The van der Waals surface area contributed by atoms with Gasteiger partial charge in [-0.05, 0) is 18.2 Å². The van der Waals surface area contributed by atoms with Crippen LogP contribution in [0, 0.1) is 5.82 Å². The molecule has 21 heavy (non-hydrogen) atoms. The minimum Gasteiger partial charge on any atom is -0.497 e. The molecule has 0 aliphatic carbocycles. The van der Waals surface area contributed by atoms with Gasteiger partial charge >= 0.3 is 0 Å². The monoisotopic (exact) mass is 305 g/mol. The average molecular weight is 305 g/mol. The van der Waals surface area contributed by atoms with Crippen LogP contribution >= 0.6 is 0 Å². The molecule has 0 fully saturated rings. The molecule has 0 unspecified atom stereocenters. The Hall–Kier alpha value is -2.28. The normalized spacial score (nSPS) is 12.5. The highest BCUT2D eigenvalue weighted by Crippen LogP contribution is 2.18. The number of hydrogen-bond acceptors (Lipinski definition) is 4. The second-order valence-electron chi connectivity index (χ2n) is 4.35. The maximum atomic E-state index is 13.6. The van der Waals surface area contributed by atoms with Gasteiger partial charge in [0.1, 0.15) is 11.3 Å². The third-order valence-corrected chi connectivity index (χ3v) is 4.14. The number of pyridine rings is 1. The van der Waals surface area contributed by atoms with Gasteiger partial charge in [0.2, 0.25) is 0 Å². The lowest BCUT2D eigenvalue weighted by atomic mass is 10.3. The van der Waals surface area contributed by atoms with Crippen molar-refractivity contribution in [2.75, 3.05) is 7.11 Å². The predicted molar refractivity (Wildman–Crippen MR) is 77.0 cm³/mol. The van der Waals surface area contributed by atoms with Crippen LogP contribution in [0.15, 0.2) is 41.7 Å². The number of nitrogens with zero attached hydrogens (tertiary/aromatic N) is 2. The number of imidazole rings is 1. The van der Waals surface area contributed by atoms with E-state index < -0.39 is 16.6 Å². The SMILES string of the molecule is COc1ccnc(C[S@@](=O)c2nc3c(F)cccc3[nH]2)c1. The first kappa shape index (κ1) is 13.7. The molecule has 0 bridgehead atoms. The molecular formula is C14H12FN3O2S. The highest BCUT2D eigenvalue weighted by molar-refractivity contribution is 7.84. The topological polar surface area (TPSA) is 67.9 Å². The van der Waals surface area contributed by atoms with Crippen molar-refractivity contribution in [3.05, 3.63) is 48.0 Å². The van der Waals surface area contributed by atoms with Gasteiger partial charge in [-0.1, -0.05) is 6.07 Å². The van der Waals surface area contributed by atoms with E-state index in [4.69, 9.17) is 4.74 Å². The van der Waals surface area contributed by atoms with Gasteiger partial charge in [0, 0.05) is 12.3 Å². The molecule has 108 valence electrons. The molecule has 0 aliphatic rings. The third-order valence-electron chi connectivity index (χ3n) is 2.96. The highest BCUT2D eigenvalue weighted by Gasteiger charge is 2.13. The Morgan fingerprint density at radius 2 is 2.24 bits per heavy atom. The number of para-hydroxylation sites is 1. The van der Waals surface area contributed by atoms with E-state index in [1.807, 2.05) is 0 Å². The minimum absolute atomic E-state index is 0.179. The zero-order valence-electron chi connectivity index (χ0n) is 11.2. The fraction of sp³-hybridized carbons (Fsp3) is 0.143. The van der Waals surface area contributed by atoms with E-state index in [9.17, 15) is 8.60 Å². The number of aromatic amines is 1. The number of hydrogen-bond donors (Lipinski definition) is 1. The van der Waals surface area contributed by atoms with Crippen LogP contribution in [-0.4, -0.2) is 26.3 Å². The number of methoxy groups -OCH3 is 1. The summed E-state index contributed by atoms with van der Waals surface area (Å²) < 4.78 is 31.0. The summed E-state index contributed by atoms with van der Waals surface area (Å²) in [6.45, 7) is 0. The van der Waals surface area contributed by atoms with Crippen molar-refractivity contribution in [3.63, 3.8) is 0 Å².